The van der Waals surface area contributed by atoms with E-state index in [1.54, 1.807) is 0 Å². The lowest BCUT2D eigenvalue weighted by Crippen LogP contribution is -2.09. The molecule has 0 unspecified atom stereocenters. The molecule has 0 aliphatic heterocycles. The normalized spacial score (nSPS) is 10.9. The Morgan fingerprint density at radius 2 is 1.07 bits per heavy atom. The molecule has 0 radical (unpaired) electrons. The number of nitrogens with zero attached hydrogens (tertiary/aromatic N) is 4. The van der Waals surface area contributed by atoms with Crippen molar-refractivity contribution in [2.24, 2.45) is 0 Å². The average molecular weight is 555 g/mol. The van der Waals surface area contributed by atoms with Crippen molar-refractivity contribution in [3.8, 4) is 34.3 Å². The minimum absolute atomic E-state index is 0.298. The van der Waals surface area contributed by atoms with Crippen LogP contribution in [0.1, 0.15) is 11.3 Å². The molecular formula is C37H26N6. The van der Waals surface area contributed by atoms with Crippen LogP contribution in [0.4, 0.5) is 11.4 Å². The van der Waals surface area contributed by atoms with Gasteiger partial charge in [-0.25, -0.2) is 19.9 Å². The first-order valence-corrected chi connectivity index (χ1v) is 14.0. The molecule has 0 amide bonds. The number of rotatable bonds is 7. The van der Waals surface area contributed by atoms with Gasteiger partial charge in [0.25, 0.3) is 0 Å². The van der Waals surface area contributed by atoms with Crippen molar-refractivity contribution < 1.29 is 0 Å². The number of benzene rings is 5. The lowest BCUT2D eigenvalue weighted by atomic mass is 9.98. The van der Waals surface area contributed by atoms with Crippen molar-refractivity contribution in [2.45, 2.75) is 0 Å². The van der Waals surface area contributed by atoms with Gasteiger partial charge >= 0.3 is 0 Å². The monoisotopic (exact) mass is 554 g/mol. The van der Waals surface area contributed by atoms with Crippen molar-refractivity contribution in [1.82, 2.24) is 19.9 Å². The number of hydrogen-bond acceptors (Lipinski definition) is 6. The van der Waals surface area contributed by atoms with E-state index in [0.29, 0.717) is 34.6 Å². The molecule has 6 nitrogen and oxygen atoms in total. The third kappa shape index (κ3) is 5.37. The van der Waals surface area contributed by atoms with E-state index in [1.165, 1.54) is 0 Å². The maximum Gasteiger partial charge on any atom is 0.182 e. The molecule has 2 aromatic heterocycles. The van der Waals surface area contributed by atoms with Crippen LogP contribution in [0.5, 0.6) is 0 Å². The molecule has 43 heavy (non-hydrogen) atoms. The molecule has 5 aromatic carbocycles. The topological polar surface area (TPSA) is 87.4 Å². The van der Waals surface area contributed by atoms with E-state index in [9.17, 15) is 5.41 Å². The maximum absolute atomic E-state index is 9.31. The minimum atomic E-state index is 0.298. The first-order chi connectivity index (χ1) is 21.2. The number of anilines is 2. The van der Waals surface area contributed by atoms with Gasteiger partial charge < -0.3 is 5.32 Å². The van der Waals surface area contributed by atoms with E-state index < -0.39 is 0 Å². The molecule has 0 atom stereocenters. The molecule has 0 spiro atoms. The summed E-state index contributed by atoms with van der Waals surface area (Å²) in [7, 11) is 0. The minimum Gasteiger partial charge on any atom is -0.354 e. The standard InChI is InChI=1S/C37H26N6/c38-33(30-24-23-25-13-10-11-20-29(25)34(30)39-28-18-8-3-9-19-28)31-21-12-22-32(40-31)37-42-35(26-14-4-1-5-15-26)41-36(43-37)27-16-6-2-7-17-27/h1-24,38-39H. The summed E-state index contributed by atoms with van der Waals surface area (Å²) in [5.74, 6) is 1.58. The van der Waals surface area contributed by atoms with Crippen LogP contribution in [0.2, 0.25) is 0 Å². The Kier molecular flexibility index (Phi) is 6.91. The Hall–Kier alpha value is -6.01. The van der Waals surface area contributed by atoms with E-state index in [4.69, 9.17) is 19.9 Å². The van der Waals surface area contributed by atoms with Crippen LogP contribution in [0.15, 0.2) is 146 Å². The van der Waals surface area contributed by atoms with Crippen LogP contribution in [0, 0.1) is 5.41 Å². The summed E-state index contributed by atoms with van der Waals surface area (Å²) in [6, 6.07) is 47.5. The maximum atomic E-state index is 9.31. The van der Waals surface area contributed by atoms with Crippen LogP contribution in [0.25, 0.3) is 45.1 Å². The highest BCUT2D eigenvalue weighted by molar-refractivity contribution is 6.17. The zero-order chi connectivity index (χ0) is 29.0. The van der Waals surface area contributed by atoms with Crippen molar-refractivity contribution in [3.05, 3.63) is 157 Å². The molecule has 7 rings (SSSR count). The molecule has 0 saturated heterocycles. The summed E-state index contributed by atoms with van der Waals surface area (Å²) in [4.78, 5) is 19.3. The van der Waals surface area contributed by atoms with Crippen molar-refractivity contribution in [2.75, 3.05) is 5.32 Å². The Bertz CT molecular complexity index is 2000. The summed E-state index contributed by atoms with van der Waals surface area (Å²) in [5, 5.41) is 15.0. The van der Waals surface area contributed by atoms with E-state index >= 15 is 0 Å². The average Bonchev–Trinajstić information content (AvgIpc) is 3.09. The van der Waals surface area contributed by atoms with Crippen LogP contribution in [-0.4, -0.2) is 25.6 Å². The fourth-order valence-electron chi connectivity index (χ4n) is 5.04. The Morgan fingerprint density at radius 1 is 0.488 bits per heavy atom. The SMILES string of the molecule is N=C(c1cccc(-c2nc(-c3ccccc3)nc(-c3ccccc3)n2)n1)c1ccc2ccccc2c1Nc1ccccc1. The molecular weight excluding hydrogens is 528 g/mol. The predicted molar refractivity (Wildman–Crippen MR) is 174 cm³/mol. The summed E-state index contributed by atoms with van der Waals surface area (Å²) in [5.41, 5.74) is 5.72. The van der Waals surface area contributed by atoms with Crippen LogP contribution >= 0.6 is 0 Å². The van der Waals surface area contributed by atoms with Gasteiger partial charge in [0.1, 0.15) is 5.69 Å². The van der Waals surface area contributed by atoms with Gasteiger partial charge in [0.05, 0.1) is 17.1 Å². The zero-order valence-corrected chi connectivity index (χ0v) is 23.1. The quantitative estimate of drug-likeness (QED) is 0.193. The summed E-state index contributed by atoms with van der Waals surface area (Å²) >= 11 is 0. The van der Waals surface area contributed by atoms with E-state index in [2.05, 4.69) is 17.4 Å². The Balaban J connectivity index is 1.33. The van der Waals surface area contributed by atoms with Crippen LogP contribution in [-0.2, 0) is 0 Å². The lowest BCUT2D eigenvalue weighted by molar-refractivity contribution is 1.06. The molecule has 2 heterocycles. The van der Waals surface area contributed by atoms with Crippen molar-refractivity contribution in [3.63, 3.8) is 0 Å². The summed E-state index contributed by atoms with van der Waals surface area (Å²) < 4.78 is 0. The molecule has 204 valence electrons. The summed E-state index contributed by atoms with van der Waals surface area (Å²) in [6.45, 7) is 0. The van der Waals surface area contributed by atoms with Gasteiger partial charge in [-0.1, -0.05) is 121 Å². The molecule has 0 aliphatic carbocycles. The molecule has 0 bridgehead atoms. The molecule has 0 fully saturated rings. The largest absolute Gasteiger partial charge is 0.354 e. The van der Waals surface area contributed by atoms with E-state index in [1.807, 2.05) is 133 Å². The van der Waals surface area contributed by atoms with Crippen molar-refractivity contribution in [1.29, 1.82) is 5.41 Å². The number of aromatic nitrogens is 4. The van der Waals surface area contributed by atoms with E-state index in [0.717, 1.165) is 38.8 Å². The first-order valence-electron chi connectivity index (χ1n) is 14.0. The smallest absolute Gasteiger partial charge is 0.182 e. The molecule has 0 saturated carbocycles. The fourth-order valence-corrected chi connectivity index (χ4v) is 5.04. The molecule has 7 aromatic rings. The highest BCUT2D eigenvalue weighted by Crippen LogP contribution is 2.32. The van der Waals surface area contributed by atoms with E-state index in [-0.39, 0.29) is 0 Å². The number of hydrogen-bond donors (Lipinski definition) is 2. The van der Waals surface area contributed by atoms with Gasteiger partial charge in [-0.15, -0.1) is 0 Å². The van der Waals surface area contributed by atoms with Gasteiger partial charge in [-0.05, 0) is 29.7 Å². The third-order valence-corrected chi connectivity index (χ3v) is 7.18. The number of pyridine rings is 1. The molecule has 2 N–H and O–H groups in total. The van der Waals surface area contributed by atoms with Gasteiger partial charge in [0, 0.05) is 27.8 Å². The third-order valence-electron chi connectivity index (χ3n) is 7.18. The highest BCUT2D eigenvalue weighted by Gasteiger charge is 2.17. The van der Waals surface area contributed by atoms with Crippen LogP contribution < -0.4 is 5.32 Å². The Labute approximate surface area is 249 Å². The predicted octanol–water partition coefficient (Wildman–Crippen LogP) is 8.58. The number of para-hydroxylation sites is 1. The van der Waals surface area contributed by atoms with Gasteiger partial charge in [0.2, 0.25) is 0 Å². The fraction of sp³-hybridized carbons (Fsp3) is 0. The molecule has 0 aliphatic rings. The van der Waals surface area contributed by atoms with Gasteiger partial charge in [-0.3, -0.25) is 5.41 Å². The second kappa shape index (κ2) is 11.5. The van der Waals surface area contributed by atoms with Crippen molar-refractivity contribution >= 4 is 27.9 Å². The van der Waals surface area contributed by atoms with Gasteiger partial charge in [-0.2, -0.15) is 0 Å². The highest BCUT2D eigenvalue weighted by atomic mass is 15.0. The first kappa shape index (κ1) is 25.9. The lowest BCUT2D eigenvalue weighted by Gasteiger charge is -2.16. The number of nitrogens with one attached hydrogen (secondary N) is 2. The molecule has 6 heteroatoms. The summed E-state index contributed by atoms with van der Waals surface area (Å²) in [6.07, 6.45) is 0. The zero-order valence-electron chi connectivity index (χ0n) is 23.1. The number of fused-ring (bicyclic) bond motifs is 1. The Morgan fingerprint density at radius 3 is 1.74 bits per heavy atom. The second-order valence-electron chi connectivity index (χ2n) is 10.0. The van der Waals surface area contributed by atoms with Crippen LogP contribution in [0.3, 0.4) is 0 Å². The van der Waals surface area contributed by atoms with Gasteiger partial charge in [0.15, 0.2) is 17.5 Å². The second-order valence-corrected chi connectivity index (χ2v) is 10.0.